The third-order valence-electron chi connectivity index (χ3n) is 2.05. The maximum absolute atomic E-state index is 5.12. The summed E-state index contributed by atoms with van der Waals surface area (Å²) in [5.41, 5.74) is 0.475. The van der Waals surface area contributed by atoms with Gasteiger partial charge in [0.2, 0.25) is 0 Å². The third kappa shape index (κ3) is 1.00. The molecule has 2 aliphatic heterocycles. The van der Waals surface area contributed by atoms with E-state index in [9.17, 15) is 0 Å². The average Bonchev–Trinajstić information content (AvgIpc) is 1.54. The molecule has 2 fully saturated rings. The van der Waals surface area contributed by atoms with Gasteiger partial charge in [-0.2, -0.15) is 0 Å². The lowest BCUT2D eigenvalue weighted by Gasteiger charge is -2.58. The van der Waals surface area contributed by atoms with Crippen LogP contribution in [0.4, 0.5) is 0 Å². The van der Waals surface area contributed by atoms with E-state index in [2.05, 4.69) is 4.31 Å². The van der Waals surface area contributed by atoms with Gasteiger partial charge < -0.3 is 9.04 Å². The molecular formula is C5H8NOS3-. The van der Waals surface area contributed by atoms with Crippen LogP contribution in [0.2, 0.25) is 0 Å². The molecule has 0 bridgehead atoms. The largest absolute Gasteiger partial charge is 0.381 e. The predicted octanol–water partition coefficient (Wildman–Crippen LogP) is -0.224. The molecule has 0 aromatic rings. The molecule has 2 rings (SSSR count). The zero-order valence-corrected chi connectivity index (χ0v) is 7.86. The van der Waals surface area contributed by atoms with Crippen molar-refractivity contribution in [2.75, 3.05) is 26.3 Å². The first-order valence-corrected chi connectivity index (χ1v) is 6.17. The predicted molar refractivity (Wildman–Crippen MR) is 46.9 cm³/mol. The lowest BCUT2D eigenvalue weighted by atomic mass is 9.80. The molecule has 0 unspecified atom stereocenters. The van der Waals surface area contributed by atoms with Gasteiger partial charge in [0.15, 0.2) is 0 Å². The Kier molecular flexibility index (Phi) is 1.73. The topological polar surface area (TPSA) is 12.5 Å². The molecule has 2 heterocycles. The Bertz CT molecular complexity index is 205. The highest BCUT2D eigenvalue weighted by Gasteiger charge is 2.46. The summed E-state index contributed by atoms with van der Waals surface area (Å²) >= 11 is 9.91. The molecule has 0 aromatic heterocycles. The molecule has 0 amide bonds. The minimum atomic E-state index is -0.343. The van der Waals surface area contributed by atoms with Gasteiger partial charge >= 0.3 is 0 Å². The van der Waals surface area contributed by atoms with Crippen molar-refractivity contribution in [3.05, 3.63) is 0 Å². The van der Waals surface area contributed by atoms with Crippen molar-refractivity contribution in [2.24, 2.45) is 5.41 Å². The van der Waals surface area contributed by atoms with Crippen LogP contribution >= 0.6 is 0 Å². The molecule has 0 radical (unpaired) electrons. The lowest BCUT2D eigenvalue weighted by molar-refractivity contribution is -0.164. The fraction of sp³-hybridized carbons (Fsp3) is 1.00. The minimum absolute atomic E-state index is 0.343. The van der Waals surface area contributed by atoms with Crippen LogP contribution in [0.25, 0.3) is 0 Å². The molecule has 1 spiro atoms. The van der Waals surface area contributed by atoms with E-state index < -0.39 is 0 Å². The summed E-state index contributed by atoms with van der Waals surface area (Å²) in [7, 11) is -0.343. The monoisotopic (exact) mass is 194 g/mol. The molecule has 0 atom stereocenters. The van der Waals surface area contributed by atoms with E-state index in [1.807, 2.05) is 0 Å². The Hall–Kier alpha value is 0.710. The Morgan fingerprint density at radius 2 is 1.90 bits per heavy atom. The van der Waals surface area contributed by atoms with E-state index in [0.717, 1.165) is 26.3 Å². The van der Waals surface area contributed by atoms with Crippen molar-refractivity contribution in [2.45, 2.75) is 0 Å². The molecule has 0 aliphatic carbocycles. The Morgan fingerprint density at radius 3 is 2.20 bits per heavy atom. The molecule has 58 valence electrons. The van der Waals surface area contributed by atoms with E-state index in [4.69, 9.17) is 27.1 Å². The van der Waals surface area contributed by atoms with Crippen molar-refractivity contribution in [1.82, 2.24) is 4.31 Å². The van der Waals surface area contributed by atoms with Crippen LogP contribution < -0.4 is 0 Å². The molecule has 2 nitrogen and oxygen atoms in total. The Labute approximate surface area is 71.5 Å². The van der Waals surface area contributed by atoms with Crippen LogP contribution in [0.1, 0.15) is 0 Å². The zero-order chi connectivity index (χ0) is 7.19. The second kappa shape index (κ2) is 2.35. The van der Waals surface area contributed by atoms with E-state index in [0.29, 0.717) is 5.41 Å². The van der Waals surface area contributed by atoms with Crippen LogP contribution in [0, 0.1) is 5.41 Å². The van der Waals surface area contributed by atoms with Gasteiger partial charge in [-0.15, -0.1) is 0 Å². The molecule has 2 aliphatic rings. The van der Waals surface area contributed by atoms with Gasteiger partial charge in [-0.05, 0) is 13.1 Å². The van der Waals surface area contributed by atoms with Gasteiger partial charge in [0.1, 0.15) is 0 Å². The maximum Gasteiger partial charge on any atom is 0.0568 e. The normalized spacial score (nSPS) is 30.1. The Balaban J connectivity index is 1.93. The summed E-state index contributed by atoms with van der Waals surface area (Å²) in [5.74, 6) is 0. The molecule has 10 heavy (non-hydrogen) atoms. The number of hydrogen-bond donors (Lipinski definition) is 0. The van der Waals surface area contributed by atoms with Gasteiger partial charge in [0.05, 0.1) is 13.2 Å². The number of nitrogens with zero attached hydrogens (tertiary/aromatic N) is 1. The van der Waals surface area contributed by atoms with Crippen LogP contribution in [0.15, 0.2) is 0 Å². The lowest BCUT2D eigenvalue weighted by Crippen LogP contribution is -2.64. The van der Waals surface area contributed by atoms with Crippen LogP contribution in [-0.2, 0) is 35.3 Å². The summed E-state index contributed by atoms with van der Waals surface area (Å²) in [4.78, 5) is 0. The van der Waals surface area contributed by atoms with Crippen molar-refractivity contribution in [3.63, 3.8) is 0 Å². The third-order valence-corrected chi connectivity index (χ3v) is 4.00. The van der Waals surface area contributed by atoms with Crippen molar-refractivity contribution in [3.8, 4) is 0 Å². The van der Waals surface area contributed by atoms with E-state index in [-0.39, 0.29) is 8.20 Å². The molecule has 0 aromatic carbocycles. The van der Waals surface area contributed by atoms with E-state index in [1.54, 1.807) is 0 Å². The number of rotatable bonds is 1. The second-order valence-electron chi connectivity index (χ2n) is 3.01. The maximum atomic E-state index is 5.12. The first-order valence-electron chi connectivity index (χ1n) is 3.14. The highest BCUT2D eigenvalue weighted by molar-refractivity contribution is 8.45. The minimum Gasteiger partial charge on any atom is -0.381 e. The quantitative estimate of drug-likeness (QED) is 0.535. The van der Waals surface area contributed by atoms with Gasteiger partial charge in [-0.25, -0.2) is 22.4 Å². The van der Waals surface area contributed by atoms with Crippen molar-refractivity contribution < 1.29 is 4.74 Å². The van der Waals surface area contributed by atoms with Gasteiger partial charge in [-0.1, -0.05) is 0 Å². The summed E-state index contributed by atoms with van der Waals surface area (Å²) in [6.07, 6.45) is 0. The standard InChI is InChI=1S/C5H8NOS3/c8-10(9)6-1-5(2-6)3-7-4-5/h1-4H2/q-1. The van der Waals surface area contributed by atoms with Crippen molar-refractivity contribution >= 4 is 30.6 Å². The summed E-state index contributed by atoms with van der Waals surface area (Å²) in [6.45, 7) is 3.99. The zero-order valence-electron chi connectivity index (χ0n) is 5.41. The summed E-state index contributed by atoms with van der Waals surface area (Å²) < 4.78 is 7.28. The van der Waals surface area contributed by atoms with Crippen LogP contribution in [-0.4, -0.2) is 30.6 Å². The Morgan fingerprint density at radius 1 is 1.30 bits per heavy atom. The number of ether oxygens (including phenoxy) is 1. The highest BCUT2D eigenvalue weighted by atomic mass is 33.1. The van der Waals surface area contributed by atoms with Crippen molar-refractivity contribution in [1.29, 1.82) is 0 Å². The van der Waals surface area contributed by atoms with Gasteiger partial charge in [0, 0.05) is 5.41 Å². The summed E-state index contributed by atoms with van der Waals surface area (Å²) in [5, 5.41) is 0. The fourth-order valence-electron chi connectivity index (χ4n) is 1.38. The van der Waals surface area contributed by atoms with Gasteiger partial charge in [0.25, 0.3) is 0 Å². The molecule has 2 saturated heterocycles. The highest BCUT2D eigenvalue weighted by Crippen LogP contribution is 2.37. The smallest absolute Gasteiger partial charge is 0.0568 e. The molecular weight excluding hydrogens is 186 g/mol. The van der Waals surface area contributed by atoms with Crippen LogP contribution in [0.3, 0.4) is 0 Å². The summed E-state index contributed by atoms with van der Waals surface area (Å²) in [6, 6.07) is 0. The van der Waals surface area contributed by atoms with E-state index >= 15 is 0 Å². The first kappa shape index (κ1) is 7.36. The first-order chi connectivity index (χ1) is 4.72. The second-order valence-corrected chi connectivity index (χ2v) is 6.49. The average molecular weight is 194 g/mol. The molecule has 0 saturated carbocycles. The fourth-order valence-corrected chi connectivity index (χ4v) is 2.77. The molecule has 0 N–H and O–H groups in total. The molecule has 5 heteroatoms. The van der Waals surface area contributed by atoms with Gasteiger partial charge in [-0.3, -0.25) is 8.20 Å². The van der Waals surface area contributed by atoms with E-state index in [1.165, 1.54) is 0 Å². The van der Waals surface area contributed by atoms with Crippen LogP contribution in [0.5, 0.6) is 0 Å². The number of hydrogen-bond acceptors (Lipinski definition) is 4. The SMILES string of the molecule is S=[S-](=S)N1CC2(COC2)C1.